The lowest BCUT2D eigenvalue weighted by molar-refractivity contribution is -0.386. The molecular weight excluding hydrogens is 298 g/mol. The van der Waals surface area contributed by atoms with Gasteiger partial charge in [-0.2, -0.15) is 0 Å². The Kier molecular flexibility index (Phi) is 9.14. The van der Waals surface area contributed by atoms with Crippen LogP contribution in [0.2, 0.25) is 0 Å². The van der Waals surface area contributed by atoms with Gasteiger partial charge >= 0.3 is 5.97 Å². The van der Waals surface area contributed by atoms with E-state index in [0.717, 1.165) is 12.5 Å². The SMILES string of the molecule is CC(=O)[O-].CC(C)(C)OC(=O)[C@@H](Cc1ccccc1)[C@H](O)C[NH3+]. The molecule has 0 saturated heterocycles. The standard InChI is InChI=1S/C15H23NO3.C2H4O2/c1-15(2,3)19-14(18)12(13(17)10-16)9-11-7-5-4-6-8-11;1-2(3)4/h4-8,12-13,17H,9-10,16H2,1-3H3;1H3,(H,3,4)/t12-,13+;/m0./s1. The van der Waals surface area contributed by atoms with Crippen molar-refractivity contribution in [1.29, 1.82) is 0 Å². The molecule has 4 N–H and O–H groups in total. The molecule has 0 aliphatic heterocycles. The molecule has 0 spiro atoms. The first-order valence-corrected chi connectivity index (χ1v) is 7.48. The Morgan fingerprint density at radius 2 is 1.74 bits per heavy atom. The van der Waals surface area contributed by atoms with Crippen molar-refractivity contribution >= 4 is 11.9 Å². The first kappa shape index (κ1) is 21.1. The van der Waals surface area contributed by atoms with E-state index in [9.17, 15) is 9.90 Å². The minimum atomic E-state index is -1.08. The number of hydrogen-bond donors (Lipinski definition) is 2. The number of quaternary nitrogens is 1. The first-order valence-electron chi connectivity index (χ1n) is 7.48. The van der Waals surface area contributed by atoms with Crippen LogP contribution in [-0.2, 0) is 20.7 Å². The van der Waals surface area contributed by atoms with Crippen LogP contribution in [0, 0.1) is 5.92 Å². The molecule has 0 saturated carbocycles. The maximum absolute atomic E-state index is 12.2. The van der Waals surface area contributed by atoms with Crippen LogP contribution >= 0.6 is 0 Å². The molecular formula is C17H27NO5. The zero-order valence-electron chi connectivity index (χ0n) is 14.2. The summed E-state index contributed by atoms with van der Waals surface area (Å²) < 4.78 is 5.37. The molecule has 0 aromatic heterocycles. The van der Waals surface area contributed by atoms with E-state index in [1.165, 1.54) is 0 Å². The zero-order valence-corrected chi connectivity index (χ0v) is 14.2. The molecule has 0 heterocycles. The molecule has 0 unspecified atom stereocenters. The largest absolute Gasteiger partial charge is 0.550 e. The molecule has 0 amide bonds. The third kappa shape index (κ3) is 10.4. The van der Waals surface area contributed by atoms with Crippen molar-refractivity contribution in [2.24, 2.45) is 5.92 Å². The predicted octanol–water partition coefficient (Wildman–Crippen LogP) is -0.454. The van der Waals surface area contributed by atoms with E-state index in [1.807, 2.05) is 51.1 Å². The van der Waals surface area contributed by atoms with E-state index < -0.39 is 23.6 Å². The number of rotatable bonds is 5. The molecule has 0 fully saturated rings. The predicted molar refractivity (Wildman–Crippen MR) is 83.9 cm³/mol. The summed E-state index contributed by atoms with van der Waals surface area (Å²) in [4.78, 5) is 21.0. The summed E-state index contributed by atoms with van der Waals surface area (Å²) in [5, 5.41) is 18.9. The van der Waals surface area contributed by atoms with Crippen molar-refractivity contribution in [3.63, 3.8) is 0 Å². The lowest BCUT2D eigenvalue weighted by atomic mass is 9.93. The number of carbonyl (C=O) groups excluding carboxylic acids is 2. The Balaban J connectivity index is 0.00000108. The van der Waals surface area contributed by atoms with Crippen molar-refractivity contribution in [1.82, 2.24) is 0 Å². The van der Waals surface area contributed by atoms with Crippen molar-refractivity contribution in [3.05, 3.63) is 35.9 Å². The zero-order chi connectivity index (χ0) is 18.0. The van der Waals surface area contributed by atoms with Crippen LogP contribution < -0.4 is 10.8 Å². The summed E-state index contributed by atoms with van der Waals surface area (Å²) in [6.45, 7) is 6.72. The Labute approximate surface area is 137 Å². The molecule has 6 heteroatoms. The molecule has 1 rings (SSSR count). The van der Waals surface area contributed by atoms with Crippen molar-refractivity contribution < 1.29 is 30.3 Å². The van der Waals surface area contributed by atoms with Gasteiger partial charge in [0.25, 0.3) is 0 Å². The fraction of sp³-hybridized carbons (Fsp3) is 0.529. The monoisotopic (exact) mass is 325 g/mol. The van der Waals surface area contributed by atoms with Gasteiger partial charge in [0.15, 0.2) is 0 Å². The third-order valence-corrected chi connectivity index (χ3v) is 2.77. The highest BCUT2D eigenvalue weighted by Crippen LogP contribution is 2.18. The summed E-state index contributed by atoms with van der Waals surface area (Å²) in [5.41, 5.74) is 4.13. The topological polar surface area (TPSA) is 114 Å². The van der Waals surface area contributed by atoms with Gasteiger partial charge in [-0.1, -0.05) is 30.3 Å². The van der Waals surface area contributed by atoms with Crippen molar-refractivity contribution in [3.8, 4) is 0 Å². The van der Waals surface area contributed by atoms with Crippen LogP contribution in [0.1, 0.15) is 33.3 Å². The van der Waals surface area contributed by atoms with Crippen LogP contribution in [0.5, 0.6) is 0 Å². The fourth-order valence-corrected chi connectivity index (χ4v) is 1.82. The molecule has 0 aliphatic carbocycles. The number of aliphatic carboxylic acids is 1. The van der Waals surface area contributed by atoms with Gasteiger partial charge in [0.2, 0.25) is 0 Å². The number of aliphatic hydroxyl groups excluding tert-OH is 1. The maximum atomic E-state index is 12.2. The second-order valence-corrected chi connectivity index (χ2v) is 6.18. The Hall–Kier alpha value is -1.92. The summed E-state index contributed by atoms with van der Waals surface area (Å²) in [5.74, 6) is -2.02. The van der Waals surface area contributed by atoms with Crippen LogP contribution in [0.15, 0.2) is 30.3 Å². The summed E-state index contributed by atoms with van der Waals surface area (Å²) in [6.07, 6.45) is -0.318. The molecule has 2 atom stereocenters. The second-order valence-electron chi connectivity index (χ2n) is 6.18. The quantitative estimate of drug-likeness (QED) is 0.711. The highest BCUT2D eigenvalue weighted by molar-refractivity contribution is 5.74. The Morgan fingerprint density at radius 1 is 1.26 bits per heavy atom. The van der Waals surface area contributed by atoms with E-state index in [-0.39, 0.29) is 12.5 Å². The number of ether oxygens (including phenoxy) is 1. The van der Waals surface area contributed by atoms with E-state index in [4.69, 9.17) is 14.6 Å². The minimum Gasteiger partial charge on any atom is -0.550 e. The number of carboxylic acids is 1. The lowest BCUT2D eigenvalue weighted by Crippen LogP contribution is -2.58. The molecule has 0 radical (unpaired) electrons. The van der Waals surface area contributed by atoms with Crippen LogP contribution in [0.3, 0.4) is 0 Å². The Morgan fingerprint density at radius 3 is 2.13 bits per heavy atom. The van der Waals surface area contributed by atoms with Gasteiger partial charge in [-0.05, 0) is 39.7 Å². The van der Waals surface area contributed by atoms with Crippen molar-refractivity contribution in [2.45, 2.75) is 45.8 Å². The van der Waals surface area contributed by atoms with Gasteiger partial charge in [-0.15, -0.1) is 0 Å². The highest BCUT2D eigenvalue weighted by atomic mass is 16.6. The normalized spacial score (nSPS) is 13.3. The van der Waals surface area contributed by atoms with Crippen molar-refractivity contribution in [2.75, 3.05) is 6.54 Å². The van der Waals surface area contributed by atoms with Crippen LogP contribution in [0.25, 0.3) is 0 Å². The smallest absolute Gasteiger partial charge is 0.312 e. The number of hydrogen-bond acceptors (Lipinski definition) is 5. The van der Waals surface area contributed by atoms with Gasteiger partial charge < -0.3 is 25.5 Å². The first-order chi connectivity index (χ1) is 10.6. The second kappa shape index (κ2) is 9.97. The molecule has 130 valence electrons. The number of esters is 1. The van der Waals surface area contributed by atoms with Crippen LogP contribution in [0.4, 0.5) is 0 Å². The summed E-state index contributed by atoms with van der Waals surface area (Å²) >= 11 is 0. The molecule has 6 nitrogen and oxygen atoms in total. The third-order valence-electron chi connectivity index (χ3n) is 2.77. The highest BCUT2D eigenvalue weighted by Gasteiger charge is 2.31. The summed E-state index contributed by atoms with van der Waals surface area (Å²) in [7, 11) is 0. The van der Waals surface area contributed by atoms with E-state index in [1.54, 1.807) is 0 Å². The van der Waals surface area contributed by atoms with Gasteiger partial charge in [0.1, 0.15) is 18.2 Å². The average molecular weight is 325 g/mol. The molecule has 1 aromatic rings. The lowest BCUT2D eigenvalue weighted by Gasteiger charge is -2.25. The van der Waals surface area contributed by atoms with Gasteiger partial charge in [-0.3, -0.25) is 4.79 Å². The van der Waals surface area contributed by atoms with E-state index in [2.05, 4.69) is 5.73 Å². The molecule has 0 aliphatic rings. The number of carboxylic acid groups (broad SMARTS) is 1. The molecule has 23 heavy (non-hydrogen) atoms. The Bertz CT molecular complexity index is 478. The van der Waals surface area contributed by atoms with Gasteiger partial charge in [0, 0.05) is 5.97 Å². The van der Waals surface area contributed by atoms with Gasteiger partial charge in [0.05, 0.1) is 5.92 Å². The number of aliphatic hydroxyl groups is 1. The maximum Gasteiger partial charge on any atom is 0.312 e. The molecule has 0 bridgehead atoms. The molecule has 1 aromatic carbocycles. The number of benzene rings is 1. The number of carbonyl (C=O) groups is 2. The minimum absolute atomic E-state index is 0.288. The average Bonchev–Trinajstić information content (AvgIpc) is 2.42. The van der Waals surface area contributed by atoms with Crippen LogP contribution in [-0.4, -0.2) is 35.3 Å². The van der Waals surface area contributed by atoms with E-state index >= 15 is 0 Å². The fourth-order valence-electron chi connectivity index (χ4n) is 1.82. The van der Waals surface area contributed by atoms with E-state index in [0.29, 0.717) is 6.42 Å². The summed E-state index contributed by atoms with van der Waals surface area (Å²) in [6, 6.07) is 9.63. The van der Waals surface area contributed by atoms with Gasteiger partial charge in [-0.25, -0.2) is 0 Å².